The first-order chi connectivity index (χ1) is 7.85. The van der Waals surface area contributed by atoms with Gasteiger partial charge in [0.25, 0.3) is 0 Å². The summed E-state index contributed by atoms with van der Waals surface area (Å²) in [4.78, 5) is 0. The van der Waals surface area contributed by atoms with Crippen LogP contribution in [0.1, 0.15) is 17.0 Å². The van der Waals surface area contributed by atoms with Gasteiger partial charge in [-0.3, -0.25) is 0 Å². The highest BCUT2D eigenvalue weighted by atomic mass is 16.5. The molecule has 82 valence electrons. The minimum atomic E-state index is 0.413. The van der Waals surface area contributed by atoms with Crippen LogP contribution in [0.5, 0.6) is 5.75 Å². The highest BCUT2D eigenvalue weighted by Gasteiger charge is 2.26. The van der Waals surface area contributed by atoms with Crippen LogP contribution in [0.15, 0.2) is 30.3 Å². The third-order valence-corrected chi connectivity index (χ3v) is 3.51. The molecule has 0 saturated heterocycles. The maximum absolute atomic E-state index is 5.86. The van der Waals surface area contributed by atoms with Crippen LogP contribution in [0.25, 0.3) is 10.8 Å². The maximum Gasteiger partial charge on any atom is 0.123 e. The molecule has 2 nitrogen and oxygen atoms in total. The van der Waals surface area contributed by atoms with Crippen LogP contribution in [-0.4, -0.2) is 13.7 Å². The smallest absolute Gasteiger partial charge is 0.123 e. The molecule has 0 fully saturated rings. The number of methoxy groups -OCH3 is 1. The van der Waals surface area contributed by atoms with Gasteiger partial charge in [-0.05, 0) is 35.4 Å². The van der Waals surface area contributed by atoms with Gasteiger partial charge in [0.2, 0.25) is 0 Å². The van der Waals surface area contributed by atoms with Crippen LogP contribution in [0.3, 0.4) is 0 Å². The molecule has 0 aliphatic heterocycles. The highest BCUT2D eigenvalue weighted by Crippen LogP contribution is 2.42. The minimum Gasteiger partial charge on any atom is -0.496 e. The lowest BCUT2D eigenvalue weighted by Gasteiger charge is -2.13. The van der Waals surface area contributed by atoms with Crippen LogP contribution in [0.2, 0.25) is 0 Å². The van der Waals surface area contributed by atoms with E-state index < -0.39 is 0 Å². The van der Waals surface area contributed by atoms with Gasteiger partial charge in [-0.15, -0.1) is 0 Å². The van der Waals surface area contributed by atoms with Crippen LogP contribution in [0, 0.1) is 0 Å². The standard InChI is InChI=1S/C14H15NO/c1-16-12-6-5-9-3-2-4-10-7-11(8-15)14(12)13(9)10/h2-6,11H,7-8,15H2,1H3/t11-/m1/s1. The molecule has 0 saturated carbocycles. The summed E-state index contributed by atoms with van der Waals surface area (Å²) in [5.41, 5.74) is 8.56. The molecule has 3 rings (SSSR count). The zero-order valence-electron chi connectivity index (χ0n) is 9.36. The van der Waals surface area contributed by atoms with Gasteiger partial charge in [0, 0.05) is 11.5 Å². The van der Waals surface area contributed by atoms with E-state index in [4.69, 9.17) is 10.5 Å². The van der Waals surface area contributed by atoms with Crippen molar-refractivity contribution in [3.8, 4) is 5.75 Å². The lowest BCUT2D eigenvalue weighted by Crippen LogP contribution is -2.12. The largest absolute Gasteiger partial charge is 0.496 e. The molecule has 0 spiro atoms. The lowest BCUT2D eigenvalue weighted by molar-refractivity contribution is 0.407. The SMILES string of the molecule is COc1ccc2cccc3c2c1[C@@H](CN)C3. The zero-order valence-corrected chi connectivity index (χ0v) is 9.36. The molecule has 2 aromatic carbocycles. The Bertz CT molecular complexity index is 548. The Labute approximate surface area is 95.0 Å². The van der Waals surface area contributed by atoms with E-state index >= 15 is 0 Å². The van der Waals surface area contributed by atoms with Crippen molar-refractivity contribution in [3.63, 3.8) is 0 Å². The molecule has 16 heavy (non-hydrogen) atoms. The van der Waals surface area contributed by atoms with E-state index in [9.17, 15) is 0 Å². The Morgan fingerprint density at radius 1 is 1.31 bits per heavy atom. The van der Waals surface area contributed by atoms with Crippen molar-refractivity contribution in [1.29, 1.82) is 0 Å². The van der Waals surface area contributed by atoms with Gasteiger partial charge in [-0.2, -0.15) is 0 Å². The first-order valence-corrected chi connectivity index (χ1v) is 5.63. The Balaban J connectivity index is 2.38. The molecule has 2 aromatic rings. The fraction of sp³-hybridized carbons (Fsp3) is 0.286. The third-order valence-electron chi connectivity index (χ3n) is 3.51. The zero-order chi connectivity index (χ0) is 11.1. The quantitative estimate of drug-likeness (QED) is 0.831. The Morgan fingerprint density at radius 3 is 2.94 bits per heavy atom. The molecular formula is C14H15NO. The van der Waals surface area contributed by atoms with E-state index in [-0.39, 0.29) is 0 Å². The summed E-state index contributed by atoms with van der Waals surface area (Å²) in [5, 5.41) is 2.65. The average molecular weight is 213 g/mol. The second kappa shape index (κ2) is 3.49. The van der Waals surface area contributed by atoms with E-state index in [0.717, 1.165) is 12.2 Å². The summed E-state index contributed by atoms with van der Waals surface area (Å²) in [5.74, 6) is 1.39. The Hall–Kier alpha value is -1.54. The van der Waals surface area contributed by atoms with Gasteiger partial charge in [0.15, 0.2) is 0 Å². The molecule has 1 atom stereocenters. The fourth-order valence-electron chi connectivity index (χ4n) is 2.79. The molecule has 0 heterocycles. The first-order valence-electron chi connectivity index (χ1n) is 5.63. The summed E-state index contributed by atoms with van der Waals surface area (Å²) in [6.45, 7) is 0.685. The minimum absolute atomic E-state index is 0.413. The fourth-order valence-corrected chi connectivity index (χ4v) is 2.79. The van der Waals surface area contributed by atoms with E-state index in [1.54, 1.807) is 7.11 Å². The van der Waals surface area contributed by atoms with E-state index in [1.165, 1.54) is 21.9 Å². The number of benzene rings is 2. The molecule has 1 aliphatic carbocycles. The van der Waals surface area contributed by atoms with Crippen molar-refractivity contribution in [2.45, 2.75) is 12.3 Å². The van der Waals surface area contributed by atoms with Crippen LogP contribution >= 0.6 is 0 Å². The van der Waals surface area contributed by atoms with Gasteiger partial charge in [-0.1, -0.05) is 24.3 Å². The molecular weight excluding hydrogens is 198 g/mol. The average Bonchev–Trinajstić information content (AvgIpc) is 2.71. The molecule has 2 N–H and O–H groups in total. The van der Waals surface area contributed by atoms with Gasteiger partial charge in [0.05, 0.1) is 7.11 Å². The number of nitrogens with two attached hydrogens (primary N) is 1. The van der Waals surface area contributed by atoms with Crippen LogP contribution in [-0.2, 0) is 6.42 Å². The summed E-state index contributed by atoms with van der Waals surface area (Å²) in [6, 6.07) is 10.6. The van der Waals surface area contributed by atoms with Crippen LogP contribution < -0.4 is 10.5 Å². The van der Waals surface area contributed by atoms with Crippen molar-refractivity contribution in [3.05, 3.63) is 41.5 Å². The van der Waals surface area contributed by atoms with Crippen molar-refractivity contribution >= 4 is 10.8 Å². The summed E-state index contributed by atoms with van der Waals surface area (Å²) < 4.78 is 5.45. The van der Waals surface area contributed by atoms with Gasteiger partial charge in [0.1, 0.15) is 5.75 Å². The van der Waals surface area contributed by atoms with Crippen molar-refractivity contribution in [2.24, 2.45) is 5.73 Å². The summed E-state index contributed by atoms with van der Waals surface area (Å²) in [6.07, 6.45) is 1.05. The molecule has 0 bridgehead atoms. The second-order valence-electron chi connectivity index (χ2n) is 4.33. The predicted octanol–water partition coefficient (Wildman–Crippen LogP) is 2.45. The summed E-state index contributed by atoms with van der Waals surface area (Å²) in [7, 11) is 1.73. The molecule has 0 radical (unpaired) electrons. The Kier molecular flexibility index (Phi) is 2.11. The third kappa shape index (κ3) is 1.17. The van der Waals surface area contributed by atoms with E-state index in [0.29, 0.717) is 12.5 Å². The molecule has 1 aliphatic rings. The molecule has 2 heteroatoms. The van der Waals surface area contributed by atoms with Gasteiger partial charge >= 0.3 is 0 Å². The number of hydrogen-bond acceptors (Lipinski definition) is 2. The molecule has 0 amide bonds. The molecule has 0 unspecified atom stereocenters. The number of hydrogen-bond donors (Lipinski definition) is 1. The topological polar surface area (TPSA) is 35.2 Å². The Morgan fingerprint density at radius 2 is 2.19 bits per heavy atom. The maximum atomic E-state index is 5.86. The normalized spacial score (nSPS) is 18.0. The number of ether oxygens (including phenoxy) is 1. The predicted molar refractivity (Wildman–Crippen MR) is 66.0 cm³/mol. The highest BCUT2D eigenvalue weighted by molar-refractivity contribution is 5.93. The number of rotatable bonds is 2. The summed E-state index contributed by atoms with van der Waals surface area (Å²) >= 11 is 0. The lowest BCUT2D eigenvalue weighted by atomic mass is 9.99. The first kappa shape index (κ1) is 9.67. The van der Waals surface area contributed by atoms with Gasteiger partial charge < -0.3 is 10.5 Å². The van der Waals surface area contributed by atoms with E-state index in [2.05, 4.69) is 30.3 Å². The molecule has 0 aromatic heterocycles. The van der Waals surface area contributed by atoms with E-state index in [1.807, 2.05) is 0 Å². The van der Waals surface area contributed by atoms with Gasteiger partial charge in [-0.25, -0.2) is 0 Å². The van der Waals surface area contributed by atoms with Crippen molar-refractivity contribution in [2.75, 3.05) is 13.7 Å². The van der Waals surface area contributed by atoms with Crippen molar-refractivity contribution < 1.29 is 4.74 Å². The van der Waals surface area contributed by atoms with Crippen LogP contribution in [0.4, 0.5) is 0 Å². The monoisotopic (exact) mass is 213 g/mol. The van der Waals surface area contributed by atoms with Crippen molar-refractivity contribution in [1.82, 2.24) is 0 Å². The second-order valence-corrected chi connectivity index (χ2v) is 4.33.